The predicted octanol–water partition coefficient (Wildman–Crippen LogP) is 4.64. The molecule has 0 bridgehead atoms. The van der Waals surface area contributed by atoms with Gasteiger partial charge in [-0.25, -0.2) is 9.18 Å². The Hall–Kier alpha value is -3.15. The lowest BCUT2D eigenvalue weighted by atomic mass is 9.77. The first kappa shape index (κ1) is 23.5. The second-order valence-electron chi connectivity index (χ2n) is 8.57. The summed E-state index contributed by atoms with van der Waals surface area (Å²) in [5.41, 5.74) is 0.774. The van der Waals surface area contributed by atoms with Crippen molar-refractivity contribution in [2.24, 2.45) is 0 Å². The van der Waals surface area contributed by atoms with Crippen LogP contribution in [0.5, 0.6) is 0 Å². The second kappa shape index (κ2) is 9.55. The molecule has 8 heteroatoms. The minimum absolute atomic E-state index is 0.0399. The molecule has 0 unspecified atom stereocenters. The number of nitriles is 1. The Labute approximate surface area is 188 Å². The van der Waals surface area contributed by atoms with Crippen LogP contribution < -0.4 is 5.32 Å². The number of benzene rings is 2. The first-order valence-corrected chi connectivity index (χ1v) is 10.3. The molecule has 0 spiro atoms. The summed E-state index contributed by atoms with van der Waals surface area (Å²) in [6.45, 7) is 7.91. The van der Waals surface area contributed by atoms with Gasteiger partial charge in [0.05, 0.1) is 16.8 Å². The van der Waals surface area contributed by atoms with Crippen molar-refractivity contribution < 1.29 is 23.2 Å². The van der Waals surface area contributed by atoms with Crippen molar-refractivity contribution >= 4 is 19.3 Å². The van der Waals surface area contributed by atoms with Crippen molar-refractivity contribution in [3.8, 4) is 6.07 Å². The van der Waals surface area contributed by atoms with Crippen LogP contribution in [0.4, 0.5) is 9.18 Å². The molecule has 32 heavy (non-hydrogen) atoms. The smallest absolute Gasteiger partial charge is 0.445 e. The molecule has 0 aliphatic carbocycles. The van der Waals surface area contributed by atoms with Crippen molar-refractivity contribution in [3.05, 3.63) is 76.5 Å². The Bertz CT molecular complexity index is 1030. The van der Waals surface area contributed by atoms with Crippen LogP contribution in [0.15, 0.2) is 54.0 Å². The fourth-order valence-corrected chi connectivity index (χ4v) is 3.07. The van der Waals surface area contributed by atoms with E-state index in [2.05, 4.69) is 5.32 Å². The van der Waals surface area contributed by atoms with Crippen LogP contribution in [-0.2, 0) is 20.7 Å². The van der Waals surface area contributed by atoms with Gasteiger partial charge >= 0.3 is 13.2 Å². The van der Waals surface area contributed by atoms with Crippen molar-refractivity contribution in [2.45, 2.75) is 45.5 Å². The van der Waals surface area contributed by atoms with E-state index >= 15 is 0 Å². The van der Waals surface area contributed by atoms with Gasteiger partial charge in [0.25, 0.3) is 0 Å². The number of rotatable bonds is 6. The van der Waals surface area contributed by atoms with Crippen LogP contribution in [0, 0.1) is 17.1 Å². The van der Waals surface area contributed by atoms with Gasteiger partial charge in [-0.3, -0.25) is 0 Å². The molecule has 2 aromatic carbocycles. The van der Waals surface area contributed by atoms with E-state index in [1.807, 2.05) is 58.0 Å². The summed E-state index contributed by atoms with van der Waals surface area (Å²) in [5, 5.41) is 11.7. The maximum atomic E-state index is 14.1. The lowest BCUT2D eigenvalue weighted by Crippen LogP contribution is -2.41. The number of nitrogens with zero attached hydrogens (tertiary/aromatic N) is 1. The Kier molecular flexibility index (Phi) is 7.02. The molecule has 2 aromatic rings. The molecule has 1 aliphatic heterocycles. The molecule has 0 radical (unpaired) electrons. The van der Waals surface area contributed by atoms with Crippen LogP contribution in [0.1, 0.15) is 44.4 Å². The largest absolute Gasteiger partial charge is 0.492 e. The Balaban J connectivity index is 1.76. The van der Waals surface area contributed by atoms with Crippen LogP contribution in [0.25, 0.3) is 6.08 Å². The SMILES string of the molecule is CC1(C)OB(C(=Cc2ccc(C#N)c(F)c2)CNC(=O)OCc2ccccc2)OC1(C)C. The standard InChI is InChI=1S/C24H26BFN2O4/c1-23(2)24(3,4)32-25(31-23)20(12-18-10-11-19(14-27)21(26)13-18)15-28-22(29)30-16-17-8-6-5-7-9-17/h5-13H,15-16H2,1-4H3,(H,28,29). The van der Waals surface area contributed by atoms with E-state index in [-0.39, 0.29) is 18.7 Å². The van der Waals surface area contributed by atoms with Gasteiger partial charge in [-0.1, -0.05) is 42.5 Å². The quantitative estimate of drug-likeness (QED) is 0.668. The maximum absolute atomic E-state index is 14.1. The number of carbonyl (C=O) groups is 1. The fraction of sp³-hybridized carbons (Fsp3) is 0.333. The van der Waals surface area contributed by atoms with Crippen molar-refractivity contribution in [1.82, 2.24) is 5.32 Å². The number of nitrogens with one attached hydrogen (secondary N) is 1. The minimum Gasteiger partial charge on any atom is -0.445 e. The Morgan fingerprint density at radius 2 is 1.81 bits per heavy atom. The number of carbonyl (C=O) groups excluding carboxylic acids is 1. The van der Waals surface area contributed by atoms with Crippen LogP contribution >= 0.6 is 0 Å². The summed E-state index contributed by atoms with van der Waals surface area (Å²) >= 11 is 0. The third-order valence-corrected chi connectivity index (χ3v) is 5.67. The number of hydrogen-bond donors (Lipinski definition) is 1. The summed E-state index contributed by atoms with van der Waals surface area (Å²) in [6.07, 6.45) is 1.09. The molecule has 1 heterocycles. The Morgan fingerprint density at radius 1 is 1.16 bits per heavy atom. The van der Waals surface area contributed by atoms with E-state index in [4.69, 9.17) is 19.3 Å². The number of alkyl carbamates (subject to hydrolysis) is 1. The minimum atomic E-state index is -0.742. The molecule has 1 N–H and O–H groups in total. The number of hydrogen-bond acceptors (Lipinski definition) is 5. The molecule has 1 aliphatic rings. The molecule has 0 aromatic heterocycles. The van der Waals surface area contributed by atoms with E-state index in [1.165, 1.54) is 12.1 Å². The van der Waals surface area contributed by atoms with E-state index in [1.54, 1.807) is 18.2 Å². The third kappa shape index (κ3) is 5.55. The number of halogens is 1. The molecular formula is C24H26BFN2O4. The Morgan fingerprint density at radius 3 is 2.41 bits per heavy atom. The highest BCUT2D eigenvalue weighted by Crippen LogP contribution is 2.38. The van der Waals surface area contributed by atoms with Crippen molar-refractivity contribution in [3.63, 3.8) is 0 Å². The zero-order valence-electron chi connectivity index (χ0n) is 18.6. The molecule has 1 amide bonds. The van der Waals surface area contributed by atoms with E-state index in [9.17, 15) is 9.18 Å². The van der Waals surface area contributed by atoms with Gasteiger partial charge in [0.1, 0.15) is 18.5 Å². The van der Waals surface area contributed by atoms with E-state index in [0.717, 1.165) is 5.56 Å². The summed E-state index contributed by atoms with van der Waals surface area (Å²) in [6, 6.07) is 15.4. The lowest BCUT2D eigenvalue weighted by molar-refractivity contribution is 0.00578. The first-order valence-electron chi connectivity index (χ1n) is 10.3. The third-order valence-electron chi connectivity index (χ3n) is 5.67. The summed E-state index contributed by atoms with van der Waals surface area (Å²) in [4.78, 5) is 12.2. The first-order chi connectivity index (χ1) is 15.1. The monoisotopic (exact) mass is 436 g/mol. The second-order valence-corrected chi connectivity index (χ2v) is 8.57. The highest BCUT2D eigenvalue weighted by Gasteiger charge is 2.52. The van der Waals surface area contributed by atoms with Gasteiger partial charge in [-0.15, -0.1) is 0 Å². The van der Waals surface area contributed by atoms with Crippen LogP contribution in [0.2, 0.25) is 0 Å². The average molecular weight is 436 g/mol. The van der Waals surface area contributed by atoms with Crippen molar-refractivity contribution in [2.75, 3.05) is 6.54 Å². The average Bonchev–Trinajstić information content (AvgIpc) is 2.97. The van der Waals surface area contributed by atoms with Crippen LogP contribution in [-0.4, -0.2) is 31.0 Å². The lowest BCUT2D eigenvalue weighted by Gasteiger charge is -2.32. The van der Waals surface area contributed by atoms with E-state index in [0.29, 0.717) is 11.0 Å². The van der Waals surface area contributed by atoms with Crippen molar-refractivity contribution in [1.29, 1.82) is 5.26 Å². The molecule has 0 saturated carbocycles. The zero-order chi connectivity index (χ0) is 23.4. The molecule has 1 fully saturated rings. The van der Waals surface area contributed by atoms with Gasteiger partial charge in [0.2, 0.25) is 0 Å². The summed E-state index contributed by atoms with van der Waals surface area (Å²) in [5.74, 6) is -0.621. The molecule has 1 saturated heterocycles. The predicted molar refractivity (Wildman–Crippen MR) is 120 cm³/mol. The van der Waals surface area contributed by atoms with Gasteiger partial charge in [-0.2, -0.15) is 5.26 Å². The van der Waals surface area contributed by atoms with Gasteiger partial charge in [0.15, 0.2) is 0 Å². The number of amides is 1. The zero-order valence-corrected chi connectivity index (χ0v) is 18.6. The van der Waals surface area contributed by atoms with Gasteiger partial charge < -0.3 is 19.4 Å². The molecule has 3 rings (SSSR count). The highest BCUT2D eigenvalue weighted by atomic mass is 19.1. The van der Waals surface area contributed by atoms with E-state index < -0.39 is 30.2 Å². The molecule has 0 atom stereocenters. The van der Waals surface area contributed by atoms with Gasteiger partial charge in [0, 0.05) is 6.54 Å². The summed E-state index contributed by atoms with van der Waals surface area (Å²) in [7, 11) is -0.742. The normalized spacial score (nSPS) is 17.0. The molecular weight excluding hydrogens is 410 g/mol. The van der Waals surface area contributed by atoms with Gasteiger partial charge in [-0.05, 0) is 56.4 Å². The highest BCUT2D eigenvalue weighted by molar-refractivity contribution is 6.56. The molecule has 166 valence electrons. The molecule has 6 nitrogen and oxygen atoms in total. The topological polar surface area (TPSA) is 80.6 Å². The summed E-state index contributed by atoms with van der Waals surface area (Å²) < 4.78 is 31.6. The fourth-order valence-electron chi connectivity index (χ4n) is 3.07. The number of ether oxygens (including phenoxy) is 1. The van der Waals surface area contributed by atoms with Crippen LogP contribution in [0.3, 0.4) is 0 Å². The maximum Gasteiger partial charge on any atom is 0.492 e.